The van der Waals surface area contributed by atoms with Crippen LogP contribution in [0.1, 0.15) is 13.8 Å². The van der Waals surface area contributed by atoms with Gasteiger partial charge in [0, 0.05) is 0 Å². The van der Waals surface area contributed by atoms with Crippen molar-refractivity contribution in [3.05, 3.63) is 0 Å². The summed E-state index contributed by atoms with van der Waals surface area (Å²) in [6.07, 6.45) is 0.164. The van der Waals surface area contributed by atoms with Crippen molar-refractivity contribution in [3.63, 3.8) is 0 Å². The Morgan fingerprint density at radius 1 is 1.50 bits per heavy atom. The highest BCUT2D eigenvalue weighted by Crippen LogP contribution is 2.23. The van der Waals surface area contributed by atoms with Crippen LogP contribution in [-0.2, 0) is 23.8 Å². The third kappa shape index (κ3) is 3.06. The van der Waals surface area contributed by atoms with Crippen molar-refractivity contribution in [2.24, 2.45) is 0 Å². The van der Waals surface area contributed by atoms with E-state index in [1.165, 1.54) is 0 Å². The molecule has 0 radical (unpaired) electrons. The fraction of sp³-hybridized carbons (Fsp3) is 1.00. The van der Waals surface area contributed by atoms with Crippen molar-refractivity contribution in [3.8, 4) is 0 Å². The van der Waals surface area contributed by atoms with Gasteiger partial charge in [0.2, 0.25) is 6.29 Å². The normalized spacial score (nSPS) is 29.1. The topological polar surface area (TPSA) is 61.8 Å². The zero-order valence-corrected chi connectivity index (χ0v) is 8.05. The lowest BCUT2D eigenvalue weighted by Gasteiger charge is -2.15. The van der Waals surface area contributed by atoms with Crippen molar-refractivity contribution in [2.75, 3.05) is 12.9 Å². The highest BCUT2D eigenvalue weighted by molar-refractivity contribution is 7.86. The van der Waals surface area contributed by atoms with Crippen LogP contribution in [0.15, 0.2) is 0 Å². The highest BCUT2D eigenvalue weighted by Gasteiger charge is 2.35. The molecule has 1 aliphatic heterocycles. The Labute approximate surface area is 71.7 Å². The minimum Gasteiger partial charge on any atom is -0.345 e. The summed E-state index contributed by atoms with van der Waals surface area (Å²) in [5.41, 5.74) is 0. The first-order valence-electron chi connectivity index (χ1n) is 3.48. The maximum atomic E-state index is 10.6. The van der Waals surface area contributed by atoms with Gasteiger partial charge in [0.15, 0.2) is 5.79 Å². The number of hydrogen-bond donors (Lipinski definition) is 0. The Bertz CT molecular complexity index is 255. The van der Waals surface area contributed by atoms with E-state index in [2.05, 4.69) is 4.18 Å². The van der Waals surface area contributed by atoms with E-state index in [1.54, 1.807) is 13.8 Å². The average molecular weight is 196 g/mol. The Morgan fingerprint density at radius 3 is 2.42 bits per heavy atom. The van der Waals surface area contributed by atoms with Crippen LogP contribution in [0, 0.1) is 0 Å². The van der Waals surface area contributed by atoms with E-state index in [9.17, 15) is 8.42 Å². The lowest BCUT2D eigenvalue weighted by Crippen LogP contribution is -2.24. The van der Waals surface area contributed by atoms with Gasteiger partial charge in [0.25, 0.3) is 10.1 Å². The summed E-state index contributed by atoms with van der Waals surface area (Å²) in [6.45, 7) is 3.53. The van der Waals surface area contributed by atoms with Crippen LogP contribution >= 0.6 is 0 Å². The SMILES string of the molecule is CC1(C)OC[C@@H](OS(C)(=O)=O)O1. The molecule has 1 saturated heterocycles. The summed E-state index contributed by atoms with van der Waals surface area (Å²) in [5.74, 6) is -0.755. The minimum absolute atomic E-state index is 0.139. The van der Waals surface area contributed by atoms with E-state index in [0.29, 0.717) is 0 Å². The van der Waals surface area contributed by atoms with E-state index in [4.69, 9.17) is 9.47 Å². The van der Waals surface area contributed by atoms with Crippen LogP contribution in [0.2, 0.25) is 0 Å². The molecule has 0 amide bonds. The second-order valence-electron chi connectivity index (χ2n) is 3.06. The number of rotatable bonds is 2. The fourth-order valence-electron chi connectivity index (χ4n) is 0.896. The quantitative estimate of drug-likeness (QED) is 0.585. The minimum atomic E-state index is -3.46. The molecule has 72 valence electrons. The van der Waals surface area contributed by atoms with Crippen molar-refractivity contribution < 1.29 is 22.1 Å². The molecule has 0 aromatic carbocycles. The van der Waals surface area contributed by atoms with Gasteiger partial charge in [-0.15, -0.1) is 0 Å². The van der Waals surface area contributed by atoms with E-state index in [-0.39, 0.29) is 6.61 Å². The van der Waals surface area contributed by atoms with E-state index in [1.807, 2.05) is 0 Å². The Hall–Kier alpha value is -0.170. The summed E-state index contributed by atoms with van der Waals surface area (Å²) in [5, 5.41) is 0. The van der Waals surface area contributed by atoms with Gasteiger partial charge in [-0.05, 0) is 13.8 Å². The predicted octanol–water partition coefficient (Wildman–Crippen LogP) is 0.0716. The first-order valence-corrected chi connectivity index (χ1v) is 5.30. The van der Waals surface area contributed by atoms with Gasteiger partial charge in [-0.1, -0.05) is 0 Å². The lowest BCUT2D eigenvalue weighted by molar-refractivity contribution is -0.165. The van der Waals surface area contributed by atoms with Gasteiger partial charge in [-0.3, -0.25) is 0 Å². The van der Waals surface area contributed by atoms with E-state index < -0.39 is 22.2 Å². The summed E-state index contributed by atoms with van der Waals surface area (Å²) in [7, 11) is -3.46. The molecule has 5 nitrogen and oxygen atoms in total. The molecular formula is C6H12O5S. The largest absolute Gasteiger partial charge is 0.345 e. The highest BCUT2D eigenvalue weighted by atomic mass is 32.2. The standard InChI is InChI=1S/C6H12O5S/c1-6(2)9-4-5(10-6)11-12(3,7)8/h5H,4H2,1-3H3/t5-/m1/s1. The van der Waals surface area contributed by atoms with Crippen molar-refractivity contribution in [1.82, 2.24) is 0 Å². The summed E-state index contributed by atoms with van der Waals surface area (Å²) in [6, 6.07) is 0. The monoisotopic (exact) mass is 196 g/mol. The van der Waals surface area contributed by atoms with Gasteiger partial charge in [-0.25, -0.2) is 4.18 Å². The third-order valence-electron chi connectivity index (χ3n) is 1.26. The zero-order chi connectivity index (χ0) is 9.41. The first kappa shape index (κ1) is 9.91. The van der Waals surface area contributed by atoms with Crippen LogP contribution < -0.4 is 0 Å². The molecule has 0 aromatic rings. The third-order valence-corrected chi connectivity index (χ3v) is 1.83. The smallest absolute Gasteiger partial charge is 0.266 e. The number of ether oxygens (including phenoxy) is 2. The molecule has 1 heterocycles. The Kier molecular flexibility index (Phi) is 2.44. The second-order valence-corrected chi connectivity index (χ2v) is 4.66. The van der Waals surface area contributed by atoms with E-state index >= 15 is 0 Å². The molecular weight excluding hydrogens is 184 g/mol. The summed E-state index contributed by atoms with van der Waals surface area (Å²) < 4.78 is 36.0. The molecule has 0 N–H and O–H groups in total. The van der Waals surface area contributed by atoms with Gasteiger partial charge < -0.3 is 9.47 Å². The lowest BCUT2D eigenvalue weighted by atomic mass is 10.4. The second kappa shape index (κ2) is 2.95. The molecule has 0 bridgehead atoms. The fourth-order valence-corrected chi connectivity index (χ4v) is 1.38. The Balaban J connectivity index is 2.49. The molecule has 1 fully saturated rings. The van der Waals surface area contributed by atoms with Crippen molar-refractivity contribution in [1.29, 1.82) is 0 Å². The predicted molar refractivity (Wildman–Crippen MR) is 40.8 cm³/mol. The molecule has 12 heavy (non-hydrogen) atoms. The number of hydrogen-bond acceptors (Lipinski definition) is 5. The van der Waals surface area contributed by atoms with Gasteiger partial charge in [0.1, 0.15) is 6.61 Å². The van der Waals surface area contributed by atoms with Crippen LogP contribution in [-0.4, -0.2) is 33.4 Å². The molecule has 0 saturated carbocycles. The van der Waals surface area contributed by atoms with Gasteiger partial charge in [-0.2, -0.15) is 8.42 Å². The molecule has 6 heteroatoms. The molecule has 0 aliphatic carbocycles. The summed E-state index contributed by atoms with van der Waals surface area (Å²) in [4.78, 5) is 0. The summed E-state index contributed by atoms with van der Waals surface area (Å²) >= 11 is 0. The van der Waals surface area contributed by atoms with Crippen LogP contribution in [0.25, 0.3) is 0 Å². The molecule has 1 aliphatic rings. The van der Waals surface area contributed by atoms with Crippen molar-refractivity contribution in [2.45, 2.75) is 25.9 Å². The first-order chi connectivity index (χ1) is 5.29. The zero-order valence-electron chi connectivity index (χ0n) is 7.23. The average Bonchev–Trinajstić information content (AvgIpc) is 2.05. The van der Waals surface area contributed by atoms with Gasteiger partial charge >= 0.3 is 0 Å². The van der Waals surface area contributed by atoms with Crippen LogP contribution in [0.3, 0.4) is 0 Å². The van der Waals surface area contributed by atoms with Crippen molar-refractivity contribution >= 4 is 10.1 Å². The maximum Gasteiger partial charge on any atom is 0.266 e. The molecule has 0 aromatic heterocycles. The van der Waals surface area contributed by atoms with E-state index in [0.717, 1.165) is 6.26 Å². The Morgan fingerprint density at radius 2 is 2.08 bits per heavy atom. The molecule has 0 unspecified atom stereocenters. The van der Waals surface area contributed by atoms with Crippen LogP contribution in [0.4, 0.5) is 0 Å². The maximum absolute atomic E-state index is 10.6. The molecule has 1 atom stereocenters. The van der Waals surface area contributed by atoms with Gasteiger partial charge in [0.05, 0.1) is 6.26 Å². The molecule has 0 spiro atoms. The van der Waals surface area contributed by atoms with Crippen LogP contribution in [0.5, 0.6) is 0 Å². The molecule has 1 rings (SSSR count).